The lowest BCUT2D eigenvalue weighted by molar-refractivity contribution is 0.567. The van der Waals surface area contributed by atoms with Gasteiger partial charge in [-0.05, 0) is 13.0 Å². The first-order chi connectivity index (χ1) is 5.62. The van der Waals surface area contributed by atoms with E-state index in [0.29, 0.717) is 13.1 Å². The van der Waals surface area contributed by atoms with Gasteiger partial charge in [0.15, 0.2) is 0 Å². The number of hydrogen-bond donors (Lipinski definition) is 3. The van der Waals surface area contributed by atoms with E-state index in [2.05, 4.69) is 21.7 Å². The minimum Gasteiger partial charge on any atom is -0.315 e. The van der Waals surface area contributed by atoms with Gasteiger partial charge in [0, 0.05) is 20.1 Å². The molecular weight excluding hydrogens is 178 g/mol. The Hall–Kier alpha value is -0.170. The van der Waals surface area contributed by atoms with Crippen LogP contribution in [0.3, 0.4) is 0 Å². The van der Waals surface area contributed by atoms with E-state index < -0.39 is 10.2 Å². The molecule has 0 aliphatic rings. The molecule has 0 bridgehead atoms. The first-order valence-corrected chi connectivity index (χ1v) is 5.49. The third-order valence-corrected chi connectivity index (χ3v) is 2.41. The summed E-state index contributed by atoms with van der Waals surface area (Å²) >= 11 is 0. The monoisotopic (exact) mass is 195 g/mol. The highest BCUT2D eigenvalue weighted by Crippen LogP contribution is 1.72. The molecule has 0 aliphatic heterocycles. The van der Waals surface area contributed by atoms with Crippen LogP contribution in [-0.4, -0.2) is 35.1 Å². The lowest BCUT2D eigenvalue weighted by Gasteiger charge is -2.05. The van der Waals surface area contributed by atoms with Gasteiger partial charge in [-0.25, -0.2) is 9.44 Å². The summed E-state index contributed by atoms with van der Waals surface area (Å²) in [6, 6.07) is 0. The maximum atomic E-state index is 10.8. The van der Waals surface area contributed by atoms with Gasteiger partial charge in [0.25, 0.3) is 10.2 Å². The van der Waals surface area contributed by atoms with Crippen LogP contribution < -0.4 is 14.8 Å². The van der Waals surface area contributed by atoms with E-state index >= 15 is 0 Å². The maximum absolute atomic E-state index is 10.8. The van der Waals surface area contributed by atoms with Crippen LogP contribution in [0, 0.1) is 0 Å². The minimum absolute atomic E-state index is 0.420. The Morgan fingerprint density at radius 1 is 1.17 bits per heavy atom. The van der Waals surface area contributed by atoms with Crippen molar-refractivity contribution in [3.8, 4) is 0 Å². The van der Waals surface area contributed by atoms with E-state index in [-0.39, 0.29) is 0 Å². The topological polar surface area (TPSA) is 70.2 Å². The highest BCUT2D eigenvalue weighted by molar-refractivity contribution is 7.87. The van der Waals surface area contributed by atoms with Crippen molar-refractivity contribution in [3.63, 3.8) is 0 Å². The van der Waals surface area contributed by atoms with E-state index in [1.54, 1.807) is 0 Å². The van der Waals surface area contributed by atoms with Crippen molar-refractivity contribution in [2.45, 2.75) is 13.3 Å². The van der Waals surface area contributed by atoms with E-state index in [4.69, 9.17) is 0 Å². The molecule has 0 amide bonds. The first-order valence-electron chi connectivity index (χ1n) is 4.01. The molecule has 0 saturated heterocycles. The second-order valence-corrected chi connectivity index (χ2v) is 4.06. The summed E-state index contributed by atoms with van der Waals surface area (Å²) in [7, 11) is -1.87. The van der Waals surface area contributed by atoms with Gasteiger partial charge in [-0.3, -0.25) is 0 Å². The molecule has 0 atom stereocenters. The largest absolute Gasteiger partial charge is 0.315 e. The Bertz CT molecular complexity index is 191. The smallest absolute Gasteiger partial charge is 0.276 e. The fourth-order valence-electron chi connectivity index (χ4n) is 0.648. The number of rotatable bonds is 7. The first kappa shape index (κ1) is 11.8. The molecule has 0 fully saturated rings. The van der Waals surface area contributed by atoms with E-state index in [1.165, 1.54) is 7.05 Å². The maximum Gasteiger partial charge on any atom is 0.276 e. The normalized spacial score (nSPS) is 11.8. The molecule has 12 heavy (non-hydrogen) atoms. The van der Waals surface area contributed by atoms with Gasteiger partial charge >= 0.3 is 0 Å². The summed E-state index contributed by atoms with van der Waals surface area (Å²) in [4.78, 5) is 0. The van der Waals surface area contributed by atoms with Gasteiger partial charge in [-0.1, -0.05) is 6.92 Å². The van der Waals surface area contributed by atoms with Gasteiger partial charge in [0.05, 0.1) is 0 Å². The highest BCUT2D eigenvalue weighted by atomic mass is 32.2. The molecule has 0 aromatic carbocycles. The summed E-state index contributed by atoms with van der Waals surface area (Å²) in [5, 5.41) is 3.08. The van der Waals surface area contributed by atoms with Crippen LogP contribution in [0.1, 0.15) is 13.3 Å². The predicted octanol–water partition coefficient (Wildman–Crippen LogP) is -0.960. The average Bonchev–Trinajstić information content (AvgIpc) is 2.04. The lowest BCUT2D eigenvalue weighted by atomic mass is 10.5. The number of nitrogens with one attached hydrogen (secondary N) is 3. The second kappa shape index (κ2) is 6.36. The summed E-state index contributed by atoms with van der Waals surface area (Å²) in [6.07, 6.45) is 1.05. The highest BCUT2D eigenvalue weighted by Gasteiger charge is 2.02. The Morgan fingerprint density at radius 2 is 1.83 bits per heavy atom. The van der Waals surface area contributed by atoms with Gasteiger partial charge in [0.2, 0.25) is 0 Å². The van der Waals surface area contributed by atoms with Crippen LogP contribution in [0.4, 0.5) is 0 Å². The van der Waals surface area contributed by atoms with Gasteiger partial charge in [-0.15, -0.1) is 0 Å². The third kappa shape index (κ3) is 6.53. The quantitative estimate of drug-likeness (QED) is 0.458. The molecule has 0 aromatic rings. The SMILES string of the molecule is CCCNCCNS(=O)(=O)NC. The third-order valence-electron chi connectivity index (χ3n) is 1.29. The predicted molar refractivity (Wildman–Crippen MR) is 49.1 cm³/mol. The fraction of sp³-hybridized carbons (Fsp3) is 1.00. The zero-order valence-corrected chi connectivity index (χ0v) is 8.37. The summed E-state index contributed by atoms with van der Waals surface area (Å²) in [6.45, 7) is 4.06. The van der Waals surface area contributed by atoms with Gasteiger partial charge in [0.1, 0.15) is 0 Å². The molecule has 3 N–H and O–H groups in total. The summed E-state index contributed by atoms with van der Waals surface area (Å²) < 4.78 is 26.1. The van der Waals surface area contributed by atoms with Crippen molar-refractivity contribution in [1.82, 2.24) is 14.8 Å². The van der Waals surface area contributed by atoms with Crippen molar-refractivity contribution in [3.05, 3.63) is 0 Å². The van der Waals surface area contributed by atoms with E-state index in [0.717, 1.165) is 13.0 Å². The van der Waals surface area contributed by atoms with E-state index in [1.807, 2.05) is 0 Å². The molecule has 6 heteroatoms. The average molecular weight is 195 g/mol. The molecule has 0 aliphatic carbocycles. The summed E-state index contributed by atoms with van der Waals surface area (Å²) in [5.41, 5.74) is 0. The Balaban J connectivity index is 3.32. The zero-order valence-electron chi connectivity index (χ0n) is 7.55. The van der Waals surface area contributed by atoms with Crippen LogP contribution in [0.2, 0.25) is 0 Å². The fourth-order valence-corrected chi connectivity index (χ4v) is 1.16. The number of hydrogen-bond acceptors (Lipinski definition) is 3. The van der Waals surface area contributed by atoms with Crippen LogP contribution in [0.5, 0.6) is 0 Å². The minimum atomic E-state index is -3.25. The Kier molecular flexibility index (Phi) is 6.27. The van der Waals surface area contributed by atoms with Crippen LogP contribution in [0.25, 0.3) is 0 Å². The molecular formula is C6H17N3O2S. The van der Waals surface area contributed by atoms with Crippen LogP contribution in [-0.2, 0) is 10.2 Å². The molecule has 0 rings (SSSR count). The van der Waals surface area contributed by atoms with Crippen molar-refractivity contribution in [2.75, 3.05) is 26.7 Å². The van der Waals surface area contributed by atoms with E-state index in [9.17, 15) is 8.42 Å². The summed E-state index contributed by atoms with van der Waals surface area (Å²) in [5.74, 6) is 0. The molecule has 0 saturated carbocycles. The van der Waals surface area contributed by atoms with Crippen molar-refractivity contribution < 1.29 is 8.42 Å². The molecule has 0 radical (unpaired) electrons. The van der Waals surface area contributed by atoms with Crippen molar-refractivity contribution in [1.29, 1.82) is 0 Å². The molecule has 0 aromatic heterocycles. The molecule has 5 nitrogen and oxygen atoms in total. The van der Waals surface area contributed by atoms with Crippen LogP contribution >= 0.6 is 0 Å². The lowest BCUT2D eigenvalue weighted by Crippen LogP contribution is -2.38. The zero-order chi connectivity index (χ0) is 9.45. The molecule has 74 valence electrons. The standard InChI is InChI=1S/C6H17N3O2S/c1-3-4-8-5-6-9-12(10,11)7-2/h7-9H,3-6H2,1-2H3. The molecule has 0 spiro atoms. The molecule has 0 heterocycles. The molecule has 0 unspecified atom stereocenters. The van der Waals surface area contributed by atoms with Crippen molar-refractivity contribution >= 4 is 10.2 Å². The Morgan fingerprint density at radius 3 is 2.33 bits per heavy atom. The Labute approximate surface area is 74.1 Å². The van der Waals surface area contributed by atoms with Gasteiger partial charge in [-0.2, -0.15) is 8.42 Å². The van der Waals surface area contributed by atoms with Crippen LogP contribution in [0.15, 0.2) is 0 Å². The van der Waals surface area contributed by atoms with Gasteiger partial charge < -0.3 is 5.32 Å². The second-order valence-electron chi connectivity index (χ2n) is 2.35. The van der Waals surface area contributed by atoms with Crippen molar-refractivity contribution in [2.24, 2.45) is 0 Å².